The number of halogens is 3. The molecule has 0 bridgehead atoms. The van der Waals surface area contributed by atoms with Gasteiger partial charge in [-0.05, 0) is 26.0 Å². The maximum atomic E-state index is 13.4. The highest BCUT2D eigenvalue weighted by Gasteiger charge is 2.35. The van der Waals surface area contributed by atoms with Gasteiger partial charge in [0.25, 0.3) is 0 Å². The first-order valence-corrected chi connectivity index (χ1v) is 10.7. The Kier molecular flexibility index (Phi) is 5.54. The van der Waals surface area contributed by atoms with E-state index >= 15 is 0 Å². The lowest BCUT2D eigenvalue weighted by molar-refractivity contribution is -0.136. The van der Waals surface area contributed by atoms with E-state index in [0.29, 0.717) is 5.69 Å². The van der Waals surface area contributed by atoms with Gasteiger partial charge in [-0.25, -0.2) is 8.42 Å². The van der Waals surface area contributed by atoms with Gasteiger partial charge in [-0.1, -0.05) is 0 Å². The molecule has 0 saturated heterocycles. The third kappa shape index (κ3) is 4.42. The number of anilines is 3. The van der Waals surface area contributed by atoms with Crippen LogP contribution in [0.4, 0.5) is 30.6 Å². The van der Waals surface area contributed by atoms with Crippen molar-refractivity contribution in [3.8, 4) is 5.75 Å². The predicted octanol–water partition coefficient (Wildman–Crippen LogP) is 3.95. The van der Waals surface area contributed by atoms with Gasteiger partial charge < -0.3 is 20.4 Å². The molecule has 0 spiro atoms. The van der Waals surface area contributed by atoms with Crippen LogP contribution in [0.1, 0.15) is 19.4 Å². The van der Waals surface area contributed by atoms with Gasteiger partial charge in [-0.2, -0.15) is 23.1 Å². The summed E-state index contributed by atoms with van der Waals surface area (Å²) in [4.78, 5) is 10.9. The Balaban J connectivity index is 2.09. The lowest BCUT2D eigenvalue weighted by Crippen LogP contribution is -2.14. The second-order valence-corrected chi connectivity index (χ2v) is 8.89. The quantitative estimate of drug-likeness (QED) is 0.529. The minimum Gasteiger partial charge on any atom is -0.495 e. The lowest BCUT2D eigenvalue weighted by Gasteiger charge is -2.15. The highest BCUT2D eigenvalue weighted by molar-refractivity contribution is 7.90. The molecule has 0 fully saturated rings. The average Bonchev–Trinajstić information content (AvgIpc) is 3.05. The number of fused-ring (bicyclic) bond motifs is 1. The zero-order valence-electron chi connectivity index (χ0n) is 16.5. The summed E-state index contributed by atoms with van der Waals surface area (Å²) in [6.45, 7) is 3.54. The molecule has 3 N–H and O–H groups in total. The summed E-state index contributed by atoms with van der Waals surface area (Å²) in [7, 11) is -2.08. The molecule has 8 nitrogen and oxygen atoms in total. The van der Waals surface area contributed by atoms with Crippen LogP contribution < -0.4 is 15.4 Å². The Hall–Kier alpha value is -3.02. The first-order chi connectivity index (χ1) is 13.9. The molecule has 1 aromatic carbocycles. The maximum Gasteiger partial charge on any atom is 0.418 e. The third-order valence-electron chi connectivity index (χ3n) is 4.11. The summed E-state index contributed by atoms with van der Waals surface area (Å²) in [6.07, 6.45) is -2.66. The number of nitrogens with zero attached hydrogens (tertiary/aromatic N) is 2. The fraction of sp³-hybridized carbons (Fsp3) is 0.333. The van der Waals surface area contributed by atoms with Gasteiger partial charge in [0.2, 0.25) is 5.95 Å². The standard InChI is InChI=1S/C18H20F3N5O3S/c1-9(2)23-16-14-11(18(19,20)21)8-22-15(14)25-17(26-16)24-12-6-5-10(30(4,27)28)7-13(12)29-3/h5-9H,1-4H3,(H3,22,23,24,25,26). The van der Waals surface area contributed by atoms with Crippen molar-refractivity contribution in [1.29, 1.82) is 0 Å². The zero-order valence-corrected chi connectivity index (χ0v) is 17.4. The Morgan fingerprint density at radius 1 is 1.20 bits per heavy atom. The van der Waals surface area contributed by atoms with E-state index in [2.05, 4.69) is 25.6 Å². The number of methoxy groups -OCH3 is 1. The van der Waals surface area contributed by atoms with Crippen molar-refractivity contribution < 1.29 is 26.3 Å². The van der Waals surface area contributed by atoms with Gasteiger partial charge in [0.15, 0.2) is 9.84 Å². The van der Waals surface area contributed by atoms with E-state index in [-0.39, 0.29) is 39.5 Å². The number of rotatable bonds is 6. The van der Waals surface area contributed by atoms with Crippen LogP contribution in [0.25, 0.3) is 11.0 Å². The average molecular weight is 443 g/mol. The van der Waals surface area contributed by atoms with Crippen LogP contribution in [-0.2, 0) is 16.0 Å². The van der Waals surface area contributed by atoms with Gasteiger partial charge >= 0.3 is 6.18 Å². The molecule has 0 unspecified atom stereocenters. The van der Waals surface area contributed by atoms with E-state index in [1.54, 1.807) is 13.8 Å². The first kappa shape index (κ1) is 21.7. The second-order valence-electron chi connectivity index (χ2n) is 6.88. The Morgan fingerprint density at radius 3 is 2.47 bits per heavy atom. The van der Waals surface area contributed by atoms with E-state index in [1.807, 2.05) is 0 Å². The van der Waals surface area contributed by atoms with Crippen LogP contribution in [-0.4, -0.2) is 42.8 Å². The van der Waals surface area contributed by atoms with Crippen LogP contribution in [0.5, 0.6) is 5.75 Å². The number of hydrogen-bond acceptors (Lipinski definition) is 7. The lowest BCUT2D eigenvalue weighted by atomic mass is 10.2. The molecule has 0 aliphatic rings. The van der Waals surface area contributed by atoms with E-state index < -0.39 is 21.6 Å². The zero-order chi connectivity index (χ0) is 22.3. The fourth-order valence-electron chi connectivity index (χ4n) is 2.82. The summed E-state index contributed by atoms with van der Waals surface area (Å²) >= 11 is 0. The minimum atomic E-state index is -4.57. The molecule has 2 heterocycles. The van der Waals surface area contributed by atoms with Crippen molar-refractivity contribution in [3.63, 3.8) is 0 Å². The van der Waals surface area contributed by atoms with Crippen molar-refractivity contribution in [2.45, 2.75) is 31.0 Å². The summed E-state index contributed by atoms with van der Waals surface area (Å²) in [5.41, 5.74) is -0.528. The number of alkyl halides is 3. The molecule has 0 amide bonds. The van der Waals surface area contributed by atoms with Crippen LogP contribution in [0.15, 0.2) is 29.3 Å². The molecule has 162 valence electrons. The fourth-order valence-corrected chi connectivity index (χ4v) is 3.45. The van der Waals surface area contributed by atoms with E-state index in [1.165, 1.54) is 25.3 Å². The molecule has 3 aromatic rings. The largest absolute Gasteiger partial charge is 0.495 e. The Bertz CT molecular complexity index is 1190. The molecule has 30 heavy (non-hydrogen) atoms. The molecule has 0 radical (unpaired) electrons. The van der Waals surface area contributed by atoms with Gasteiger partial charge in [0.1, 0.15) is 17.2 Å². The van der Waals surface area contributed by atoms with Crippen molar-refractivity contribution in [2.75, 3.05) is 24.0 Å². The summed E-state index contributed by atoms with van der Waals surface area (Å²) in [5, 5.41) is 5.62. The van der Waals surface area contributed by atoms with Crippen molar-refractivity contribution in [2.24, 2.45) is 0 Å². The van der Waals surface area contributed by atoms with Crippen molar-refractivity contribution >= 4 is 38.3 Å². The molecule has 12 heteroatoms. The normalized spacial score (nSPS) is 12.4. The molecule has 0 aliphatic carbocycles. The van der Waals surface area contributed by atoms with Gasteiger partial charge in [0, 0.05) is 24.6 Å². The van der Waals surface area contributed by atoms with Crippen LogP contribution in [0.2, 0.25) is 0 Å². The smallest absolute Gasteiger partial charge is 0.418 e. The molecular weight excluding hydrogens is 423 g/mol. The van der Waals surface area contributed by atoms with Crippen molar-refractivity contribution in [1.82, 2.24) is 15.0 Å². The Labute approximate surface area is 170 Å². The number of benzene rings is 1. The van der Waals surface area contributed by atoms with Gasteiger partial charge in [-0.15, -0.1) is 0 Å². The SMILES string of the molecule is COc1cc(S(C)(=O)=O)ccc1Nc1nc(NC(C)C)c2c(C(F)(F)F)c[nH]c2n1. The number of aromatic amines is 1. The molecule has 0 saturated carbocycles. The molecular formula is C18H20F3N5O3S. The number of aromatic nitrogens is 3. The van der Waals surface area contributed by atoms with Crippen LogP contribution in [0.3, 0.4) is 0 Å². The number of H-pyrrole nitrogens is 1. The number of nitrogens with one attached hydrogen (secondary N) is 3. The summed E-state index contributed by atoms with van der Waals surface area (Å²) in [6, 6.07) is 3.99. The Morgan fingerprint density at radius 2 is 1.90 bits per heavy atom. The van der Waals surface area contributed by atoms with E-state index in [0.717, 1.165) is 12.5 Å². The summed E-state index contributed by atoms with van der Waals surface area (Å²) in [5.74, 6) is 0.229. The number of hydrogen-bond donors (Lipinski definition) is 3. The maximum absolute atomic E-state index is 13.4. The minimum absolute atomic E-state index is 0.00491. The molecule has 2 aromatic heterocycles. The third-order valence-corrected chi connectivity index (χ3v) is 5.22. The topological polar surface area (TPSA) is 109 Å². The highest BCUT2D eigenvalue weighted by atomic mass is 32.2. The summed E-state index contributed by atoms with van der Waals surface area (Å²) < 4.78 is 68.8. The molecule has 0 aliphatic heterocycles. The molecule has 0 atom stereocenters. The highest BCUT2D eigenvalue weighted by Crippen LogP contribution is 2.38. The first-order valence-electron chi connectivity index (χ1n) is 8.78. The van der Waals surface area contributed by atoms with Crippen molar-refractivity contribution in [3.05, 3.63) is 30.0 Å². The second kappa shape index (κ2) is 7.67. The predicted molar refractivity (Wildman–Crippen MR) is 107 cm³/mol. The van der Waals surface area contributed by atoms with E-state index in [4.69, 9.17) is 4.74 Å². The van der Waals surface area contributed by atoms with Gasteiger partial charge in [-0.3, -0.25) is 0 Å². The van der Waals surface area contributed by atoms with E-state index in [9.17, 15) is 21.6 Å². The molecule has 3 rings (SSSR count). The van der Waals surface area contributed by atoms with Gasteiger partial charge in [0.05, 0.1) is 28.6 Å². The van der Waals surface area contributed by atoms with Crippen LogP contribution >= 0.6 is 0 Å². The monoisotopic (exact) mass is 443 g/mol. The number of sulfone groups is 1. The number of ether oxygens (including phenoxy) is 1. The van der Waals surface area contributed by atoms with Crippen LogP contribution in [0, 0.1) is 0 Å².